The van der Waals surface area contributed by atoms with Gasteiger partial charge in [-0.1, -0.05) is 48.8 Å². The van der Waals surface area contributed by atoms with Crippen molar-refractivity contribution in [1.29, 1.82) is 0 Å². The van der Waals surface area contributed by atoms with Crippen molar-refractivity contribution in [3.05, 3.63) is 35.9 Å². The van der Waals surface area contributed by atoms with Crippen LogP contribution >= 0.6 is 0 Å². The van der Waals surface area contributed by atoms with Crippen LogP contribution in [0.15, 0.2) is 35.5 Å². The van der Waals surface area contributed by atoms with Gasteiger partial charge < -0.3 is 9.94 Å². The van der Waals surface area contributed by atoms with Crippen molar-refractivity contribution in [2.24, 2.45) is 11.1 Å². The number of hydrogen-bond donors (Lipinski definition) is 1. The summed E-state index contributed by atoms with van der Waals surface area (Å²) in [4.78, 5) is 5.39. The van der Waals surface area contributed by atoms with Gasteiger partial charge in [-0.05, 0) is 12.0 Å². The molecule has 0 aromatic heterocycles. The Morgan fingerprint density at radius 3 is 2.69 bits per heavy atom. The zero-order valence-corrected chi connectivity index (χ0v) is 9.47. The summed E-state index contributed by atoms with van der Waals surface area (Å²) in [5.74, 6) is 0.0161. The Morgan fingerprint density at radius 2 is 2.06 bits per heavy atom. The van der Waals surface area contributed by atoms with E-state index >= 15 is 0 Å². The maximum Gasteiger partial charge on any atom is 0.138 e. The van der Waals surface area contributed by atoms with Gasteiger partial charge in [0.2, 0.25) is 0 Å². The molecule has 16 heavy (non-hydrogen) atoms. The first-order valence-electron chi connectivity index (χ1n) is 5.76. The highest BCUT2D eigenvalue weighted by molar-refractivity contribution is 6.03. The van der Waals surface area contributed by atoms with Crippen LogP contribution in [0.4, 0.5) is 0 Å². The molecule has 0 spiro atoms. The van der Waals surface area contributed by atoms with Crippen LogP contribution in [-0.2, 0) is 4.84 Å². The summed E-state index contributed by atoms with van der Waals surface area (Å²) < 4.78 is 0. The minimum absolute atomic E-state index is 0.0161. The molecule has 1 aromatic rings. The summed E-state index contributed by atoms with van der Waals surface area (Å²) >= 11 is 0. The van der Waals surface area contributed by atoms with Crippen LogP contribution in [0, 0.1) is 5.92 Å². The molecule has 0 saturated carbocycles. The van der Waals surface area contributed by atoms with E-state index in [2.05, 4.69) is 12.1 Å². The molecule has 86 valence electrons. The number of rotatable bonds is 4. The van der Waals surface area contributed by atoms with Crippen LogP contribution in [0.3, 0.4) is 0 Å². The Labute approximate surface area is 95.7 Å². The molecule has 1 heterocycles. The number of hydrogen-bond acceptors (Lipinski definition) is 3. The highest BCUT2D eigenvalue weighted by Crippen LogP contribution is 2.25. The van der Waals surface area contributed by atoms with Gasteiger partial charge in [-0.2, -0.15) is 0 Å². The van der Waals surface area contributed by atoms with Gasteiger partial charge in [-0.15, -0.1) is 0 Å². The minimum Gasteiger partial charge on any atom is -0.396 e. The van der Waals surface area contributed by atoms with E-state index in [-0.39, 0.29) is 18.6 Å². The van der Waals surface area contributed by atoms with E-state index in [9.17, 15) is 5.11 Å². The fraction of sp³-hybridized carbons (Fsp3) is 0.462. The van der Waals surface area contributed by atoms with E-state index in [1.165, 1.54) is 0 Å². The van der Waals surface area contributed by atoms with E-state index in [4.69, 9.17) is 4.84 Å². The van der Waals surface area contributed by atoms with Crippen molar-refractivity contribution in [1.82, 2.24) is 0 Å². The Bertz CT molecular complexity index is 361. The van der Waals surface area contributed by atoms with Crippen molar-refractivity contribution in [3.63, 3.8) is 0 Å². The van der Waals surface area contributed by atoms with Gasteiger partial charge >= 0.3 is 0 Å². The average molecular weight is 219 g/mol. The van der Waals surface area contributed by atoms with Crippen LogP contribution in [0.2, 0.25) is 0 Å². The molecule has 2 rings (SSSR count). The predicted molar refractivity (Wildman–Crippen MR) is 63.3 cm³/mol. The largest absolute Gasteiger partial charge is 0.396 e. The third-order valence-corrected chi connectivity index (χ3v) is 2.93. The summed E-state index contributed by atoms with van der Waals surface area (Å²) in [6.45, 7) is 2.21. The van der Waals surface area contributed by atoms with Gasteiger partial charge in [-0.25, -0.2) is 0 Å². The quantitative estimate of drug-likeness (QED) is 0.843. The smallest absolute Gasteiger partial charge is 0.138 e. The monoisotopic (exact) mass is 219 g/mol. The summed E-state index contributed by atoms with van der Waals surface area (Å²) in [6.07, 6.45) is 2.01. The van der Waals surface area contributed by atoms with Crippen molar-refractivity contribution >= 4 is 5.71 Å². The lowest BCUT2D eigenvalue weighted by Gasteiger charge is -2.15. The van der Waals surface area contributed by atoms with Gasteiger partial charge in [0.25, 0.3) is 0 Å². The first-order valence-corrected chi connectivity index (χ1v) is 5.76. The molecule has 1 aromatic carbocycles. The van der Waals surface area contributed by atoms with Crippen LogP contribution in [-0.4, -0.2) is 23.5 Å². The Balaban J connectivity index is 2.17. The first-order chi connectivity index (χ1) is 7.86. The minimum atomic E-state index is 0.0161. The zero-order valence-electron chi connectivity index (χ0n) is 9.47. The van der Waals surface area contributed by atoms with E-state index in [1.54, 1.807) is 0 Å². The molecule has 3 nitrogen and oxygen atoms in total. The number of nitrogens with zero attached hydrogens (tertiary/aromatic N) is 1. The number of aliphatic hydroxyl groups is 1. The van der Waals surface area contributed by atoms with Crippen molar-refractivity contribution in [2.45, 2.75) is 25.9 Å². The van der Waals surface area contributed by atoms with Gasteiger partial charge in [0.15, 0.2) is 0 Å². The molecule has 3 heteroatoms. The molecule has 0 amide bonds. The Morgan fingerprint density at radius 1 is 1.31 bits per heavy atom. The predicted octanol–water partition coefficient (Wildman–Crippen LogP) is 2.20. The molecular formula is C13H17NO2. The third-order valence-electron chi connectivity index (χ3n) is 2.93. The molecule has 0 unspecified atom stereocenters. The van der Waals surface area contributed by atoms with Crippen LogP contribution in [0.1, 0.15) is 25.3 Å². The SMILES string of the molecule is CCC[C@@H]1ON=C(c2ccccc2)[C@@H]1CO. The fourth-order valence-electron chi connectivity index (χ4n) is 2.06. The third kappa shape index (κ3) is 2.09. The normalized spacial score (nSPS) is 24.0. The van der Waals surface area contributed by atoms with Crippen molar-refractivity contribution in [2.75, 3.05) is 6.61 Å². The van der Waals surface area contributed by atoms with E-state index in [0.717, 1.165) is 24.1 Å². The molecule has 0 aliphatic carbocycles. The maximum absolute atomic E-state index is 9.43. The second kappa shape index (κ2) is 5.12. The number of benzene rings is 1. The van der Waals surface area contributed by atoms with Gasteiger partial charge in [-0.3, -0.25) is 0 Å². The lowest BCUT2D eigenvalue weighted by Crippen LogP contribution is -2.27. The molecule has 1 aliphatic heterocycles. The summed E-state index contributed by atoms with van der Waals surface area (Å²) in [5.41, 5.74) is 1.92. The fourth-order valence-corrected chi connectivity index (χ4v) is 2.06. The lowest BCUT2D eigenvalue weighted by atomic mass is 9.91. The van der Waals surface area contributed by atoms with Crippen LogP contribution in [0.25, 0.3) is 0 Å². The number of aliphatic hydroxyl groups excluding tert-OH is 1. The summed E-state index contributed by atoms with van der Waals surface area (Å²) in [7, 11) is 0. The first kappa shape index (κ1) is 11.1. The summed E-state index contributed by atoms with van der Waals surface area (Å²) in [5, 5.41) is 13.5. The van der Waals surface area contributed by atoms with E-state index in [0.29, 0.717) is 0 Å². The van der Waals surface area contributed by atoms with Gasteiger partial charge in [0.05, 0.1) is 18.2 Å². The molecule has 0 fully saturated rings. The lowest BCUT2D eigenvalue weighted by molar-refractivity contribution is 0.0400. The van der Waals surface area contributed by atoms with Crippen molar-refractivity contribution < 1.29 is 9.94 Å². The van der Waals surface area contributed by atoms with Crippen LogP contribution in [0.5, 0.6) is 0 Å². The molecule has 2 atom stereocenters. The molecular weight excluding hydrogens is 202 g/mol. The molecule has 0 bridgehead atoms. The van der Waals surface area contributed by atoms with Crippen LogP contribution < -0.4 is 0 Å². The van der Waals surface area contributed by atoms with Gasteiger partial charge in [0.1, 0.15) is 6.10 Å². The van der Waals surface area contributed by atoms with Crippen molar-refractivity contribution in [3.8, 4) is 0 Å². The molecule has 0 saturated heterocycles. The average Bonchev–Trinajstić information content (AvgIpc) is 2.73. The van der Waals surface area contributed by atoms with Gasteiger partial charge in [0, 0.05) is 0 Å². The second-order valence-corrected chi connectivity index (χ2v) is 4.06. The summed E-state index contributed by atoms with van der Waals surface area (Å²) in [6, 6.07) is 9.91. The Hall–Kier alpha value is -1.35. The van der Waals surface area contributed by atoms with E-state index < -0.39 is 0 Å². The molecule has 0 radical (unpaired) electrons. The molecule has 1 N–H and O–H groups in total. The second-order valence-electron chi connectivity index (χ2n) is 4.06. The topological polar surface area (TPSA) is 41.8 Å². The molecule has 1 aliphatic rings. The van der Waals surface area contributed by atoms with E-state index in [1.807, 2.05) is 30.3 Å². The Kier molecular flexibility index (Phi) is 3.57. The zero-order chi connectivity index (χ0) is 11.4. The number of oxime groups is 1. The highest BCUT2D eigenvalue weighted by Gasteiger charge is 2.33. The highest BCUT2D eigenvalue weighted by atomic mass is 16.6. The maximum atomic E-state index is 9.43. The standard InChI is InChI=1S/C13H17NO2/c1-2-6-12-11(9-15)13(14-16-12)10-7-4-3-5-8-10/h3-5,7-8,11-12,15H,2,6,9H2,1H3/t11-,12+/m1/s1.